The van der Waals surface area contributed by atoms with Crippen LogP contribution in [0.4, 0.5) is 0 Å². The molecule has 1 heterocycles. The maximum Gasteiger partial charge on any atom is 0.0470 e. The quantitative estimate of drug-likeness (QED) is 0.830. The molecule has 0 bridgehead atoms. The van der Waals surface area contributed by atoms with Crippen LogP contribution < -0.4 is 5.73 Å². The molecule has 1 unspecified atom stereocenters. The van der Waals surface area contributed by atoms with Crippen LogP contribution in [0.2, 0.25) is 0 Å². The average Bonchev–Trinajstić information content (AvgIpc) is 2.17. The van der Waals surface area contributed by atoms with Crippen LogP contribution in [-0.4, -0.2) is 25.0 Å². The summed E-state index contributed by atoms with van der Waals surface area (Å²) in [4.78, 5) is 2.33. The molecule has 1 aromatic carbocycles. The minimum Gasteiger partial charge on any atom is -0.329 e. The molecule has 2 N–H and O–H groups in total. The molecule has 1 aliphatic rings. The standard InChI is InChI=1S/C11H15BrN2/c1-14-5-4-8-2-3-9(12)6-10(8)11(14)7-13/h2-3,6,11H,4-5,7,13H2,1H3. The van der Waals surface area contributed by atoms with Crippen molar-refractivity contribution in [1.29, 1.82) is 0 Å². The van der Waals surface area contributed by atoms with Gasteiger partial charge in [-0.2, -0.15) is 0 Å². The number of nitrogens with two attached hydrogens (primary N) is 1. The number of halogens is 1. The fourth-order valence-corrected chi connectivity index (χ4v) is 2.48. The molecule has 3 heteroatoms. The van der Waals surface area contributed by atoms with Gasteiger partial charge in [0.1, 0.15) is 0 Å². The molecule has 0 aliphatic carbocycles. The molecular formula is C11H15BrN2. The Morgan fingerprint density at radius 2 is 2.36 bits per heavy atom. The number of rotatable bonds is 1. The molecule has 1 aliphatic heterocycles. The van der Waals surface area contributed by atoms with Gasteiger partial charge < -0.3 is 5.73 Å². The van der Waals surface area contributed by atoms with Gasteiger partial charge in [-0.15, -0.1) is 0 Å². The largest absolute Gasteiger partial charge is 0.329 e. The lowest BCUT2D eigenvalue weighted by atomic mass is 9.93. The Morgan fingerprint density at radius 3 is 3.07 bits per heavy atom. The summed E-state index contributed by atoms with van der Waals surface area (Å²) in [5, 5.41) is 0. The van der Waals surface area contributed by atoms with Crippen molar-refractivity contribution in [3.8, 4) is 0 Å². The van der Waals surface area contributed by atoms with Crippen LogP contribution in [0.5, 0.6) is 0 Å². The lowest BCUT2D eigenvalue weighted by Gasteiger charge is -2.33. The summed E-state index contributed by atoms with van der Waals surface area (Å²) in [7, 11) is 2.14. The summed E-state index contributed by atoms with van der Waals surface area (Å²) in [6.45, 7) is 1.80. The molecule has 0 amide bonds. The Labute approximate surface area is 93.2 Å². The molecule has 0 fully saturated rings. The van der Waals surface area contributed by atoms with E-state index in [-0.39, 0.29) is 0 Å². The van der Waals surface area contributed by atoms with Gasteiger partial charge in [-0.05, 0) is 36.7 Å². The maximum absolute atomic E-state index is 5.80. The monoisotopic (exact) mass is 254 g/mol. The van der Waals surface area contributed by atoms with Crippen molar-refractivity contribution >= 4 is 15.9 Å². The predicted molar refractivity (Wildman–Crippen MR) is 62.3 cm³/mol. The van der Waals surface area contributed by atoms with Gasteiger partial charge in [-0.1, -0.05) is 22.0 Å². The van der Waals surface area contributed by atoms with Gasteiger partial charge in [0, 0.05) is 23.6 Å². The Morgan fingerprint density at radius 1 is 1.57 bits per heavy atom. The van der Waals surface area contributed by atoms with Gasteiger partial charge in [0.05, 0.1) is 0 Å². The first-order chi connectivity index (χ1) is 6.72. The van der Waals surface area contributed by atoms with Gasteiger partial charge in [0.2, 0.25) is 0 Å². The highest BCUT2D eigenvalue weighted by Gasteiger charge is 2.23. The SMILES string of the molecule is CN1CCc2ccc(Br)cc2C1CN. The maximum atomic E-state index is 5.80. The second-order valence-electron chi connectivity index (χ2n) is 3.83. The molecule has 0 aromatic heterocycles. The van der Waals surface area contributed by atoms with Gasteiger partial charge in [-0.3, -0.25) is 4.90 Å². The van der Waals surface area contributed by atoms with Crippen molar-refractivity contribution in [2.45, 2.75) is 12.5 Å². The van der Waals surface area contributed by atoms with Gasteiger partial charge in [0.15, 0.2) is 0 Å². The van der Waals surface area contributed by atoms with Crippen LogP contribution in [0.25, 0.3) is 0 Å². The zero-order valence-electron chi connectivity index (χ0n) is 8.33. The first-order valence-corrected chi connectivity index (χ1v) is 5.70. The van der Waals surface area contributed by atoms with Gasteiger partial charge >= 0.3 is 0 Å². The smallest absolute Gasteiger partial charge is 0.0470 e. The molecule has 0 saturated heterocycles. The Kier molecular flexibility index (Phi) is 2.91. The minimum absolute atomic E-state index is 0.385. The molecule has 76 valence electrons. The van der Waals surface area contributed by atoms with Crippen molar-refractivity contribution in [3.05, 3.63) is 33.8 Å². The average molecular weight is 255 g/mol. The first kappa shape index (κ1) is 10.1. The molecule has 0 spiro atoms. The van der Waals surface area contributed by atoms with E-state index in [1.165, 1.54) is 11.1 Å². The van der Waals surface area contributed by atoms with E-state index in [4.69, 9.17) is 5.73 Å². The molecule has 0 saturated carbocycles. The van der Waals surface area contributed by atoms with Crippen molar-refractivity contribution in [2.75, 3.05) is 20.1 Å². The third-order valence-corrected chi connectivity index (χ3v) is 3.45. The number of likely N-dealkylation sites (N-methyl/N-ethyl adjacent to an activating group) is 1. The molecule has 1 atom stereocenters. The summed E-state index contributed by atoms with van der Waals surface area (Å²) in [5.41, 5.74) is 8.63. The predicted octanol–water partition coefficient (Wildman–Crippen LogP) is 1.94. The molecule has 0 radical (unpaired) electrons. The van der Waals surface area contributed by atoms with E-state index in [2.05, 4.69) is 46.1 Å². The van der Waals surface area contributed by atoms with Crippen LogP contribution in [0.3, 0.4) is 0 Å². The second kappa shape index (κ2) is 4.01. The number of hydrogen-bond acceptors (Lipinski definition) is 2. The molecular weight excluding hydrogens is 240 g/mol. The van der Waals surface area contributed by atoms with E-state index in [0.29, 0.717) is 12.6 Å². The van der Waals surface area contributed by atoms with Crippen molar-refractivity contribution in [1.82, 2.24) is 4.90 Å². The number of fused-ring (bicyclic) bond motifs is 1. The summed E-state index contributed by atoms with van der Waals surface area (Å²) in [6.07, 6.45) is 1.13. The minimum atomic E-state index is 0.385. The van der Waals surface area contributed by atoms with Crippen molar-refractivity contribution in [3.63, 3.8) is 0 Å². The summed E-state index contributed by atoms with van der Waals surface area (Å²) in [6, 6.07) is 6.89. The highest BCUT2D eigenvalue weighted by molar-refractivity contribution is 9.10. The first-order valence-electron chi connectivity index (χ1n) is 4.91. The van der Waals surface area contributed by atoms with Crippen molar-refractivity contribution < 1.29 is 0 Å². The van der Waals surface area contributed by atoms with Gasteiger partial charge in [-0.25, -0.2) is 0 Å². The summed E-state index contributed by atoms with van der Waals surface area (Å²) >= 11 is 3.51. The Balaban J connectivity index is 2.43. The Bertz CT molecular complexity index is 338. The van der Waals surface area contributed by atoms with E-state index in [1.54, 1.807) is 0 Å². The van der Waals surface area contributed by atoms with Crippen LogP contribution in [0.15, 0.2) is 22.7 Å². The third-order valence-electron chi connectivity index (χ3n) is 2.96. The fraction of sp³-hybridized carbons (Fsp3) is 0.455. The van der Waals surface area contributed by atoms with Crippen LogP contribution in [0, 0.1) is 0 Å². The second-order valence-corrected chi connectivity index (χ2v) is 4.74. The zero-order chi connectivity index (χ0) is 10.1. The van der Waals surface area contributed by atoms with Crippen LogP contribution in [0.1, 0.15) is 17.2 Å². The number of hydrogen-bond donors (Lipinski definition) is 1. The third kappa shape index (κ3) is 1.72. The van der Waals surface area contributed by atoms with E-state index in [0.717, 1.165) is 17.4 Å². The summed E-state index contributed by atoms with van der Waals surface area (Å²) < 4.78 is 1.14. The lowest BCUT2D eigenvalue weighted by Crippen LogP contribution is -2.36. The van der Waals surface area contributed by atoms with E-state index in [1.807, 2.05) is 0 Å². The molecule has 2 nitrogen and oxygen atoms in total. The zero-order valence-corrected chi connectivity index (χ0v) is 9.92. The number of benzene rings is 1. The van der Waals surface area contributed by atoms with E-state index < -0.39 is 0 Å². The fourth-order valence-electron chi connectivity index (χ4n) is 2.10. The lowest BCUT2D eigenvalue weighted by molar-refractivity contribution is 0.236. The summed E-state index contributed by atoms with van der Waals surface area (Å²) in [5.74, 6) is 0. The van der Waals surface area contributed by atoms with Crippen molar-refractivity contribution in [2.24, 2.45) is 5.73 Å². The van der Waals surface area contributed by atoms with E-state index in [9.17, 15) is 0 Å². The molecule has 2 rings (SSSR count). The molecule has 1 aromatic rings. The van der Waals surface area contributed by atoms with Crippen LogP contribution in [-0.2, 0) is 6.42 Å². The normalized spacial score (nSPS) is 22.1. The van der Waals surface area contributed by atoms with E-state index >= 15 is 0 Å². The number of nitrogens with zero attached hydrogens (tertiary/aromatic N) is 1. The Hall–Kier alpha value is -0.380. The highest BCUT2D eigenvalue weighted by Crippen LogP contribution is 2.29. The highest BCUT2D eigenvalue weighted by atomic mass is 79.9. The van der Waals surface area contributed by atoms with Gasteiger partial charge in [0.25, 0.3) is 0 Å². The van der Waals surface area contributed by atoms with Crippen LogP contribution >= 0.6 is 15.9 Å². The molecule has 14 heavy (non-hydrogen) atoms. The topological polar surface area (TPSA) is 29.3 Å².